The number of allylic oxidation sites excluding steroid dienone is 2. The van der Waals surface area contributed by atoms with Gasteiger partial charge in [-0.15, -0.1) is 0 Å². The highest BCUT2D eigenvalue weighted by atomic mass is 16.6. The van der Waals surface area contributed by atoms with E-state index in [4.69, 9.17) is 4.79 Å². The first kappa shape index (κ1) is 6.75. The normalized spacial score (nSPS) is 12.5. The summed E-state index contributed by atoms with van der Waals surface area (Å²) in [5.74, 6) is 0. The fourth-order valence-electron chi connectivity index (χ4n) is 0.258. The number of nitrogens with one attached hydrogen (secondary N) is 1. The van der Waals surface area contributed by atoms with Crippen molar-refractivity contribution in [3.05, 3.63) is 24.6 Å². The molecule has 0 radical (unpaired) electrons. The Bertz CT molecular complexity index is 86.6. The number of hydrogen-bond acceptors (Lipinski definition) is 3. The molecule has 0 spiro atoms. The van der Waals surface area contributed by atoms with Crippen LogP contribution in [0.4, 0.5) is 0 Å². The van der Waals surface area contributed by atoms with Gasteiger partial charge in [0.1, 0.15) is 13.1 Å². The van der Waals surface area contributed by atoms with Crippen LogP contribution in [-0.2, 0) is 9.63 Å². The van der Waals surface area contributed by atoms with E-state index in [2.05, 4.69) is 10.3 Å². The molecule has 3 nitrogen and oxygen atoms in total. The van der Waals surface area contributed by atoms with Gasteiger partial charge in [0.2, 0.25) is 0 Å². The Morgan fingerprint density at radius 3 is 2.25 bits per heavy atom. The molecular weight excluding hydrogens is 106 g/mol. The first-order valence-corrected chi connectivity index (χ1v) is 2.02. The monoisotopic (exact) mass is 113 g/mol. The first-order chi connectivity index (χ1) is 4.00. The predicted molar refractivity (Wildman–Crippen MR) is 29.6 cm³/mol. The van der Waals surface area contributed by atoms with Crippen LogP contribution in [0.2, 0.25) is 0 Å². The van der Waals surface area contributed by atoms with Crippen LogP contribution >= 0.6 is 0 Å². The third-order valence-corrected chi connectivity index (χ3v) is 0.490. The van der Waals surface area contributed by atoms with Gasteiger partial charge in [0.25, 0.3) is 0 Å². The first-order valence-electron chi connectivity index (χ1n) is 2.02. The minimum absolute atomic E-state index is 1.57. The summed E-state index contributed by atoms with van der Waals surface area (Å²) in [6.07, 6.45) is 6.93. The molecule has 44 valence electrons. The van der Waals surface area contributed by atoms with Crippen LogP contribution in [0.3, 0.4) is 0 Å². The Labute approximate surface area is 47.6 Å². The summed E-state index contributed by atoms with van der Waals surface area (Å²) in [6, 6.07) is 0. The quantitative estimate of drug-likeness (QED) is 0.493. The van der Waals surface area contributed by atoms with E-state index in [-0.39, 0.29) is 0 Å². The van der Waals surface area contributed by atoms with Crippen molar-refractivity contribution < 1.29 is 9.63 Å². The van der Waals surface area contributed by atoms with Crippen LogP contribution in [-0.4, -0.2) is 6.79 Å². The van der Waals surface area contributed by atoms with Crippen molar-refractivity contribution in [2.24, 2.45) is 0 Å². The second kappa shape index (κ2) is 5.75. The molecule has 1 rings (SSSR count). The predicted octanol–water partition coefficient (Wildman–Crippen LogP) is 0.364. The molecule has 0 atom stereocenters. The summed E-state index contributed by atoms with van der Waals surface area (Å²) in [5, 5.41) is 0. The Balaban J connectivity index is 0.000000222. The van der Waals surface area contributed by atoms with E-state index in [1.807, 2.05) is 12.9 Å². The van der Waals surface area contributed by atoms with E-state index in [9.17, 15) is 0 Å². The molecule has 0 bridgehead atoms. The van der Waals surface area contributed by atoms with E-state index in [0.717, 1.165) is 0 Å². The molecule has 0 aromatic carbocycles. The summed E-state index contributed by atoms with van der Waals surface area (Å²) >= 11 is 0. The Morgan fingerprint density at radius 1 is 1.38 bits per heavy atom. The molecule has 0 aromatic heterocycles. The molecule has 0 saturated carbocycles. The molecule has 0 amide bonds. The van der Waals surface area contributed by atoms with Crippen molar-refractivity contribution in [3.8, 4) is 0 Å². The minimum Gasteiger partial charge on any atom is -0.391 e. The highest BCUT2D eigenvalue weighted by Gasteiger charge is 1.72. The molecule has 0 saturated heterocycles. The van der Waals surface area contributed by atoms with Crippen molar-refractivity contribution >= 4 is 6.79 Å². The largest absolute Gasteiger partial charge is 0.391 e. The molecule has 1 aliphatic heterocycles. The SMILES string of the molecule is C1=CNOC=C1.C=O. The number of carbonyl (C=O) groups excluding carboxylic acids is 1. The van der Waals surface area contributed by atoms with Gasteiger partial charge in [-0.3, -0.25) is 0 Å². The fourth-order valence-corrected chi connectivity index (χ4v) is 0.258. The second-order valence-corrected chi connectivity index (χ2v) is 0.923. The van der Waals surface area contributed by atoms with Gasteiger partial charge in [-0.2, -0.15) is 0 Å². The van der Waals surface area contributed by atoms with Crippen molar-refractivity contribution in [3.63, 3.8) is 0 Å². The average molecular weight is 113 g/mol. The van der Waals surface area contributed by atoms with Crippen LogP contribution in [0.15, 0.2) is 24.6 Å². The van der Waals surface area contributed by atoms with Gasteiger partial charge in [-0.25, -0.2) is 5.48 Å². The Morgan fingerprint density at radius 2 is 2.12 bits per heavy atom. The molecule has 0 aromatic rings. The van der Waals surface area contributed by atoms with Crippen molar-refractivity contribution in [2.75, 3.05) is 0 Å². The third kappa shape index (κ3) is 2.96. The average Bonchev–Trinajstić information content (AvgIpc) is 1.96. The number of hydroxylamine groups is 1. The maximum absolute atomic E-state index is 8.00. The summed E-state index contributed by atoms with van der Waals surface area (Å²) in [6.45, 7) is 2.00. The van der Waals surface area contributed by atoms with Crippen molar-refractivity contribution in [2.45, 2.75) is 0 Å². The summed E-state index contributed by atoms with van der Waals surface area (Å²) in [7, 11) is 0. The smallest absolute Gasteiger partial charge is 0.119 e. The van der Waals surface area contributed by atoms with E-state index in [0.29, 0.717) is 0 Å². The van der Waals surface area contributed by atoms with Gasteiger partial charge in [-0.05, 0) is 12.2 Å². The highest BCUT2D eigenvalue weighted by Crippen LogP contribution is 1.80. The van der Waals surface area contributed by atoms with Crippen LogP contribution in [0.1, 0.15) is 0 Å². The maximum Gasteiger partial charge on any atom is 0.119 e. The number of carbonyl (C=O) groups is 1. The summed E-state index contributed by atoms with van der Waals surface area (Å²) in [5.41, 5.74) is 2.52. The summed E-state index contributed by atoms with van der Waals surface area (Å²) in [4.78, 5) is 12.6. The maximum atomic E-state index is 8.00. The molecule has 1 aliphatic rings. The van der Waals surface area contributed by atoms with Crippen LogP contribution in [0.5, 0.6) is 0 Å². The van der Waals surface area contributed by atoms with Crippen molar-refractivity contribution in [1.29, 1.82) is 0 Å². The van der Waals surface area contributed by atoms with Gasteiger partial charge in [0.05, 0.1) is 0 Å². The van der Waals surface area contributed by atoms with Gasteiger partial charge in [-0.1, -0.05) is 0 Å². The molecule has 0 fully saturated rings. The summed E-state index contributed by atoms with van der Waals surface area (Å²) < 4.78 is 0. The van der Waals surface area contributed by atoms with E-state index < -0.39 is 0 Å². The van der Waals surface area contributed by atoms with Gasteiger partial charge >= 0.3 is 0 Å². The van der Waals surface area contributed by atoms with E-state index in [1.165, 1.54) is 0 Å². The third-order valence-electron chi connectivity index (χ3n) is 0.490. The standard InChI is InChI=1S/C4H5NO.CH2O/c1-2-4-6-5-3-1;1-2/h1-5H;1H2. The lowest BCUT2D eigenvalue weighted by molar-refractivity contribution is -0.0979. The van der Waals surface area contributed by atoms with Crippen LogP contribution in [0, 0.1) is 0 Å². The molecule has 0 aliphatic carbocycles. The lowest BCUT2D eigenvalue weighted by atomic mass is 10.6. The van der Waals surface area contributed by atoms with Gasteiger partial charge in [0.15, 0.2) is 0 Å². The molecule has 8 heavy (non-hydrogen) atoms. The van der Waals surface area contributed by atoms with Crippen molar-refractivity contribution in [1.82, 2.24) is 5.48 Å². The molecule has 0 unspecified atom stereocenters. The van der Waals surface area contributed by atoms with Crippen LogP contribution < -0.4 is 5.48 Å². The zero-order chi connectivity index (χ0) is 6.24. The molecule has 1 N–H and O–H groups in total. The van der Waals surface area contributed by atoms with Gasteiger partial charge in [0, 0.05) is 6.20 Å². The molecular formula is C5H7NO2. The lowest BCUT2D eigenvalue weighted by Gasteiger charge is -1.97. The fraction of sp³-hybridized carbons (Fsp3) is 0. The number of rotatable bonds is 0. The zero-order valence-electron chi connectivity index (χ0n) is 4.33. The second-order valence-electron chi connectivity index (χ2n) is 0.923. The molecule has 1 heterocycles. The number of hydrogen-bond donors (Lipinski definition) is 1. The minimum atomic E-state index is 1.57. The van der Waals surface area contributed by atoms with Crippen LogP contribution in [0.25, 0.3) is 0 Å². The Hall–Kier alpha value is -1.25. The lowest BCUT2D eigenvalue weighted by Crippen LogP contribution is -2.01. The highest BCUT2D eigenvalue weighted by molar-refractivity contribution is 5.11. The Kier molecular flexibility index (Phi) is 4.85. The van der Waals surface area contributed by atoms with E-state index in [1.54, 1.807) is 18.5 Å². The van der Waals surface area contributed by atoms with E-state index >= 15 is 0 Å². The topological polar surface area (TPSA) is 38.3 Å². The molecule has 3 heteroatoms. The van der Waals surface area contributed by atoms with Gasteiger partial charge < -0.3 is 9.63 Å². The zero-order valence-corrected chi connectivity index (χ0v) is 4.33.